The molecule has 0 atom stereocenters. The van der Waals surface area contributed by atoms with Crippen LogP contribution < -0.4 is 19.3 Å². The van der Waals surface area contributed by atoms with Crippen LogP contribution in [0.2, 0.25) is 0 Å². The standard InChI is InChI=1S/C22H17OSi.C10H9NO.Al/c23-24(20-11-3-1-4-12-20,21-13-5-2-6-14-21)22-16-15-18-9-7-8-10-19(18)17-22;1-7-5-6-8-3-2-4-9(12)10(8)11-7;/h1-17H;2-6,12H,1H3;/q-1;;+2/p-1. The van der Waals surface area contributed by atoms with Crippen LogP contribution in [-0.2, 0) is 3.48 Å². The molecule has 6 aromatic rings. The second kappa shape index (κ2) is 10.3. The summed E-state index contributed by atoms with van der Waals surface area (Å²) in [5, 5.41) is 7.07. The van der Waals surface area contributed by atoms with Crippen molar-refractivity contribution in [2.45, 2.75) is 6.92 Å². The molecule has 37 heavy (non-hydrogen) atoms. The number of fused-ring (bicyclic) bond motifs is 2. The number of aryl methyl sites for hydroxylation is 1. The summed E-state index contributed by atoms with van der Waals surface area (Å²) in [6.45, 7) is 2.00. The molecule has 0 N–H and O–H groups in total. The summed E-state index contributed by atoms with van der Waals surface area (Å²) in [5.74, 6) is 0.763. The van der Waals surface area contributed by atoms with Crippen molar-refractivity contribution in [3.05, 3.63) is 139 Å². The van der Waals surface area contributed by atoms with Gasteiger partial charge in [-0.25, -0.2) is 4.98 Å². The van der Waals surface area contributed by atoms with Crippen molar-refractivity contribution < 1.29 is 7.27 Å². The smallest absolute Gasteiger partial charge is 0.625 e. The van der Waals surface area contributed by atoms with Crippen LogP contribution in [0.4, 0.5) is 0 Å². The second-order valence-corrected chi connectivity index (χ2v) is 13.6. The third kappa shape index (κ3) is 4.59. The Morgan fingerprint density at radius 3 is 1.92 bits per heavy atom. The Labute approximate surface area is 224 Å². The Hall–Kier alpha value is -3.72. The first-order valence-corrected chi connectivity index (χ1v) is 15.2. The number of aromatic nitrogens is 1. The highest BCUT2D eigenvalue weighted by atomic mass is 28.4. The van der Waals surface area contributed by atoms with Crippen molar-refractivity contribution in [3.63, 3.8) is 0 Å². The number of nitrogens with zero attached hydrogens (tertiary/aromatic N) is 1. The quantitative estimate of drug-likeness (QED) is 0.216. The third-order valence-corrected chi connectivity index (χ3v) is 12.3. The molecule has 5 aromatic carbocycles. The van der Waals surface area contributed by atoms with Gasteiger partial charge in [0.05, 0.1) is 0 Å². The van der Waals surface area contributed by atoms with Gasteiger partial charge >= 0.3 is 15.9 Å². The second-order valence-electron chi connectivity index (χ2n) is 9.09. The molecule has 0 aliphatic rings. The van der Waals surface area contributed by atoms with Gasteiger partial charge in [-0.15, -0.1) is 0 Å². The highest BCUT2D eigenvalue weighted by molar-refractivity contribution is 7.08. The first kappa shape index (κ1) is 23.7. The summed E-state index contributed by atoms with van der Waals surface area (Å²) in [5.41, 5.74) is 1.84. The summed E-state index contributed by atoms with van der Waals surface area (Å²) in [6, 6.07) is 46.6. The molecule has 0 spiro atoms. The van der Waals surface area contributed by atoms with Gasteiger partial charge in [0, 0.05) is 11.1 Å². The van der Waals surface area contributed by atoms with E-state index in [4.69, 9.17) is 12.3 Å². The fourth-order valence-electron chi connectivity index (χ4n) is 4.92. The number of rotatable bonds is 7. The SMILES string of the molecule is Cc1ccc2cccc([O][Al][O][Si](c3ccccc3)(c3ccccc3)c3ccc4ccccc4c3)c2n1. The van der Waals surface area contributed by atoms with Gasteiger partial charge in [0.25, 0.3) is 8.32 Å². The van der Waals surface area contributed by atoms with Crippen molar-refractivity contribution in [3.8, 4) is 5.75 Å². The predicted molar refractivity (Wildman–Crippen MR) is 155 cm³/mol. The minimum atomic E-state index is -2.88. The Bertz CT molecular complexity index is 1640. The average molecular weight is 511 g/mol. The van der Waals surface area contributed by atoms with Crippen LogP contribution in [0.25, 0.3) is 21.7 Å². The molecule has 1 aromatic heterocycles. The van der Waals surface area contributed by atoms with Crippen molar-refractivity contribution >= 4 is 61.4 Å². The minimum Gasteiger partial charge on any atom is -0.625 e. The lowest BCUT2D eigenvalue weighted by molar-refractivity contribution is 0.469. The van der Waals surface area contributed by atoms with Gasteiger partial charge in [-0.2, -0.15) is 0 Å². The number of hydrogen-bond donors (Lipinski definition) is 0. The molecule has 6 rings (SSSR count). The normalized spacial score (nSPS) is 11.5. The predicted octanol–water partition coefficient (Wildman–Crippen LogP) is 5.29. The monoisotopic (exact) mass is 510 g/mol. The number of benzene rings is 5. The maximum atomic E-state index is 7.09. The molecule has 0 aliphatic heterocycles. The topological polar surface area (TPSA) is 31.4 Å². The molecule has 0 aliphatic carbocycles. The molecule has 1 radical (unpaired) electrons. The molecular formula is C32H25AlNO2Si. The molecule has 0 unspecified atom stereocenters. The summed E-state index contributed by atoms with van der Waals surface area (Å²) in [7, 11) is -2.88. The van der Waals surface area contributed by atoms with Gasteiger partial charge in [-0.1, -0.05) is 121 Å². The molecule has 177 valence electrons. The highest BCUT2D eigenvalue weighted by Gasteiger charge is 2.42. The first-order chi connectivity index (χ1) is 18.2. The van der Waals surface area contributed by atoms with E-state index in [0.717, 1.165) is 22.3 Å². The summed E-state index contributed by atoms with van der Waals surface area (Å²) >= 11 is -0.828. The summed E-state index contributed by atoms with van der Waals surface area (Å²) < 4.78 is 13.5. The first-order valence-electron chi connectivity index (χ1n) is 12.4. The zero-order chi connectivity index (χ0) is 25.1. The Kier molecular flexibility index (Phi) is 6.61. The summed E-state index contributed by atoms with van der Waals surface area (Å²) in [4.78, 5) is 4.74. The van der Waals surface area contributed by atoms with Gasteiger partial charge < -0.3 is 7.27 Å². The zero-order valence-corrected chi connectivity index (χ0v) is 22.7. The van der Waals surface area contributed by atoms with Crippen molar-refractivity contribution in [2.75, 3.05) is 0 Å². The lowest BCUT2D eigenvalue weighted by atomic mass is 10.1. The molecule has 0 fully saturated rings. The van der Waals surface area contributed by atoms with E-state index in [1.807, 2.05) is 25.1 Å². The number of para-hydroxylation sites is 1. The van der Waals surface area contributed by atoms with Crippen LogP contribution in [-0.4, -0.2) is 29.2 Å². The fraction of sp³-hybridized carbons (Fsp3) is 0.0312. The van der Waals surface area contributed by atoms with Crippen LogP contribution >= 0.6 is 0 Å². The van der Waals surface area contributed by atoms with Crippen LogP contribution in [0, 0.1) is 6.92 Å². The molecule has 0 bridgehead atoms. The minimum absolute atomic E-state index is 0.763. The maximum Gasteiger partial charge on any atom is 0.763 e. The van der Waals surface area contributed by atoms with E-state index in [2.05, 4.69) is 115 Å². The van der Waals surface area contributed by atoms with E-state index in [9.17, 15) is 0 Å². The van der Waals surface area contributed by atoms with Crippen molar-refractivity contribution in [1.29, 1.82) is 0 Å². The lowest BCUT2D eigenvalue weighted by Gasteiger charge is -2.34. The zero-order valence-electron chi connectivity index (χ0n) is 20.5. The van der Waals surface area contributed by atoms with E-state index >= 15 is 0 Å². The third-order valence-electron chi connectivity index (χ3n) is 6.74. The molecule has 5 heteroatoms. The molecule has 3 nitrogen and oxygen atoms in total. The van der Waals surface area contributed by atoms with Crippen LogP contribution in [0.1, 0.15) is 5.69 Å². The molecule has 1 heterocycles. The van der Waals surface area contributed by atoms with Crippen LogP contribution in [0.3, 0.4) is 0 Å². The van der Waals surface area contributed by atoms with Gasteiger partial charge in [0.1, 0.15) is 11.3 Å². The molecule has 0 saturated carbocycles. The van der Waals surface area contributed by atoms with Gasteiger partial charge in [0.2, 0.25) is 0 Å². The van der Waals surface area contributed by atoms with Gasteiger partial charge in [-0.3, -0.25) is 0 Å². The van der Waals surface area contributed by atoms with E-state index in [1.54, 1.807) is 0 Å². The molecule has 0 saturated heterocycles. The van der Waals surface area contributed by atoms with E-state index < -0.39 is 24.2 Å². The lowest BCUT2D eigenvalue weighted by Crippen LogP contribution is -2.70. The van der Waals surface area contributed by atoms with Gasteiger partial charge in [-0.05, 0) is 45.4 Å². The van der Waals surface area contributed by atoms with Gasteiger partial charge in [0.15, 0.2) is 0 Å². The number of pyridine rings is 1. The van der Waals surface area contributed by atoms with E-state index in [-0.39, 0.29) is 0 Å². The average Bonchev–Trinajstić information content (AvgIpc) is 2.96. The van der Waals surface area contributed by atoms with Crippen LogP contribution in [0.5, 0.6) is 5.75 Å². The Balaban J connectivity index is 1.47. The van der Waals surface area contributed by atoms with Crippen LogP contribution in [0.15, 0.2) is 133 Å². The molecule has 0 amide bonds. The Morgan fingerprint density at radius 1 is 0.568 bits per heavy atom. The van der Waals surface area contributed by atoms with E-state index in [0.29, 0.717) is 0 Å². The Morgan fingerprint density at radius 2 is 1.19 bits per heavy atom. The molecular weight excluding hydrogens is 485 g/mol. The van der Waals surface area contributed by atoms with Crippen molar-refractivity contribution in [1.82, 2.24) is 4.98 Å². The van der Waals surface area contributed by atoms with E-state index in [1.165, 1.54) is 26.3 Å². The summed E-state index contributed by atoms with van der Waals surface area (Å²) in [6.07, 6.45) is 0. The maximum absolute atomic E-state index is 7.09. The highest BCUT2D eigenvalue weighted by Crippen LogP contribution is 2.24. The number of hydrogen-bond acceptors (Lipinski definition) is 3. The largest absolute Gasteiger partial charge is 0.763 e. The van der Waals surface area contributed by atoms with Crippen molar-refractivity contribution in [2.24, 2.45) is 0 Å². The fourth-order valence-corrected chi connectivity index (χ4v) is 10.6.